The number of methoxy groups -OCH3 is 1. The Morgan fingerprint density at radius 1 is 1.46 bits per heavy atom. The first kappa shape index (κ1) is 11.9. The molecule has 1 heterocycles. The second kappa shape index (κ2) is 6.43. The second-order valence-electron chi connectivity index (χ2n) is 2.29. The molecular formula is C10H17NO2. The summed E-state index contributed by atoms with van der Waals surface area (Å²) >= 11 is 0. The van der Waals surface area contributed by atoms with Gasteiger partial charge < -0.3 is 9.84 Å². The molecule has 0 aromatic carbocycles. The fraction of sp³-hybridized carbons (Fsp3) is 0.500. The van der Waals surface area contributed by atoms with Gasteiger partial charge >= 0.3 is 0 Å². The highest BCUT2D eigenvalue weighted by Gasteiger charge is 1.99. The molecule has 0 saturated carbocycles. The highest BCUT2D eigenvalue weighted by Crippen LogP contribution is 2.15. The lowest BCUT2D eigenvalue weighted by molar-refractivity contribution is 0.280. The number of hydrogen-bond donors (Lipinski definition) is 1. The summed E-state index contributed by atoms with van der Waals surface area (Å²) < 4.78 is 5.01. The van der Waals surface area contributed by atoms with Crippen molar-refractivity contribution in [2.75, 3.05) is 7.11 Å². The topological polar surface area (TPSA) is 42.4 Å². The number of rotatable bonds is 2. The van der Waals surface area contributed by atoms with Crippen LogP contribution in [0.1, 0.15) is 25.1 Å². The Morgan fingerprint density at radius 3 is 2.54 bits per heavy atom. The van der Waals surface area contributed by atoms with Crippen LogP contribution in [-0.4, -0.2) is 17.2 Å². The summed E-state index contributed by atoms with van der Waals surface area (Å²) in [6, 6.07) is 1.78. The minimum atomic E-state index is 0.00361. The molecule has 13 heavy (non-hydrogen) atoms. The molecule has 1 aromatic heterocycles. The first-order chi connectivity index (χ1) is 6.27. The minimum absolute atomic E-state index is 0.00361. The summed E-state index contributed by atoms with van der Waals surface area (Å²) in [5, 5.41) is 8.75. The monoisotopic (exact) mass is 183 g/mol. The van der Waals surface area contributed by atoms with Crippen molar-refractivity contribution in [3.8, 4) is 5.75 Å². The quantitative estimate of drug-likeness (QED) is 0.761. The maximum Gasteiger partial charge on any atom is 0.140 e. The maximum absolute atomic E-state index is 8.75. The molecule has 0 atom stereocenters. The van der Waals surface area contributed by atoms with E-state index in [2.05, 4.69) is 4.98 Å². The molecule has 0 unspecified atom stereocenters. The predicted molar refractivity (Wildman–Crippen MR) is 52.8 cm³/mol. The zero-order chi connectivity index (χ0) is 10.3. The molecule has 0 saturated heterocycles. The fourth-order valence-corrected chi connectivity index (χ4v) is 0.847. The van der Waals surface area contributed by atoms with Crippen LogP contribution >= 0.6 is 0 Å². The fourth-order valence-electron chi connectivity index (χ4n) is 0.847. The molecule has 1 N–H and O–H groups in total. The number of aliphatic hydroxyl groups is 1. The van der Waals surface area contributed by atoms with E-state index < -0.39 is 0 Å². The Hall–Kier alpha value is -1.09. The summed E-state index contributed by atoms with van der Waals surface area (Å²) in [6.07, 6.45) is 1.64. The molecule has 3 heteroatoms. The van der Waals surface area contributed by atoms with Crippen molar-refractivity contribution < 1.29 is 9.84 Å². The van der Waals surface area contributed by atoms with Gasteiger partial charge in [0.15, 0.2) is 0 Å². The van der Waals surface area contributed by atoms with Gasteiger partial charge in [0.25, 0.3) is 0 Å². The van der Waals surface area contributed by atoms with Crippen LogP contribution in [0.3, 0.4) is 0 Å². The highest BCUT2D eigenvalue weighted by atomic mass is 16.5. The van der Waals surface area contributed by atoms with Crippen LogP contribution in [0.15, 0.2) is 12.3 Å². The molecule has 0 radical (unpaired) electrons. The standard InChI is InChI=1S/C8H11NO2.C2H6/c1-6-8(11-2)3-7(5-10)4-9-6;1-2/h3-4,10H,5H2,1-2H3;1-2H3. The molecule has 0 aliphatic rings. The Labute approximate surface area is 79.4 Å². The smallest absolute Gasteiger partial charge is 0.140 e. The molecule has 0 aliphatic heterocycles. The molecule has 0 bridgehead atoms. The van der Waals surface area contributed by atoms with E-state index in [0.717, 1.165) is 17.0 Å². The van der Waals surface area contributed by atoms with Crippen LogP contribution in [0.25, 0.3) is 0 Å². The van der Waals surface area contributed by atoms with Crippen LogP contribution in [0, 0.1) is 6.92 Å². The normalized spacial score (nSPS) is 8.69. The van der Waals surface area contributed by atoms with Crippen molar-refractivity contribution in [1.82, 2.24) is 4.98 Å². The molecular weight excluding hydrogens is 166 g/mol. The second-order valence-corrected chi connectivity index (χ2v) is 2.29. The number of aliphatic hydroxyl groups excluding tert-OH is 1. The molecule has 0 amide bonds. The number of nitrogens with zero attached hydrogens (tertiary/aromatic N) is 1. The average molecular weight is 183 g/mol. The molecule has 3 nitrogen and oxygen atoms in total. The predicted octanol–water partition coefficient (Wildman–Crippen LogP) is 1.92. The average Bonchev–Trinajstić information content (AvgIpc) is 2.22. The summed E-state index contributed by atoms with van der Waals surface area (Å²) in [5.41, 5.74) is 1.61. The van der Waals surface area contributed by atoms with Crippen LogP contribution in [0.5, 0.6) is 5.75 Å². The summed E-state index contributed by atoms with van der Waals surface area (Å²) in [4.78, 5) is 4.04. The van der Waals surface area contributed by atoms with Crippen LogP contribution in [0.2, 0.25) is 0 Å². The molecule has 1 rings (SSSR count). The zero-order valence-corrected chi connectivity index (χ0v) is 8.66. The third kappa shape index (κ3) is 3.42. The van der Waals surface area contributed by atoms with Gasteiger partial charge in [0.2, 0.25) is 0 Å². The lowest BCUT2D eigenvalue weighted by Gasteiger charge is -2.03. The number of aromatic nitrogens is 1. The minimum Gasteiger partial charge on any atom is -0.495 e. The Balaban J connectivity index is 0.000000671. The van der Waals surface area contributed by atoms with Crippen LogP contribution < -0.4 is 4.74 Å². The van der Waals surface area contributed by atoms with E-state index in [-0.39, 0.29) is 6.61 Å². The van der Waals surface area contributed by atoms with Gasteiger partial charge in [-0.15, -0.1) is 0 Å². The Kier molecular flexibility index (Phi) is 5.89. The van der Waals surface area contributed by atoms with Gasteiger partial charge in [0.05, 0.1) is 19.4 Å². The van der Waals surface area contributed by atoms with Gasteiger partial charge in [-0.05, 0) is 18.6 Å². The van der Waals surface area contributed by atoms with E-state index >= 15 is 0 Å². The third-order valence-corrected chi connectivity index (χ3v) is 1.50. The third-order valence-electron chi connectivity index (χ3n) is 1.50. The first-order valence-corrected chi connectivity index (χ1v) is 4.38. The van der Waals surface area contributed by atoms with Crippen molar-refractivity contribution in [2.24, 2.45) is 0 Å². The summed E-state index contributed by atoms with van der Waals surface area (Å²) in [6.45, 7) is 5.86. The zero-order valence-electron chi connectivity index (χ0n) is 8.66. The highest BCUT2D eigenvalue weighted by molar-refractivity contribution is 5.29. The molecule has 0 spiro atoms. The maximum atomic E-state index is 8.75. The van der Waals surface area contributed by atoms with Gasteiger partial charge in [-0.2, -0.15) is 0 Å². The molecule has 1 aromatic rings. The number of pyridine rings is 1. The Morgan fingerprint density at radius 2 is 2.08 bits per heavy atom. The van der Waals surface area contributed by atoms with Gasteiger partial charge in [-0.3, -0.25) is 4.98 Å². The van der Waals surface area contributed by atoms with Gasteiger partial charge in [-0.25, -0.2) is 0 Å². The van der Waals surface area contributed by atoms with Crippen LogP contribution in [0.4, 0.5) is 0 Å². The number of hydrogen-bond acceptors (Lipinski definition) is 3. The van der Waals surface area contributed by atoms with E-state index in [9.17, 15) is 0 Å². The molecule has 0 aliphatic carbocycles. The van der Waals surface area contributed by atoms with E-state index in [1.807, 2.05) is 20.8 Å². The lowest BCUT2D eigenvalue weighted by Crippen LogP contribution is -1.93. The van der Waals surface area contributed by atoms with Gasteiger partial charge in [0.1, 0.15) is 5.75 Å². The summed E-state index contributed by atoms with van der Waals surface area (Å²) in [5.74, 6) is 0.719. The largest absolute Gasteiger partial charge is 0.495 e. The van der Waals surface area contributed by atoms with E-state index in [4.69, 9.17) is 9.84 Å². The molecule has 74 valence electrons. The summed E-state index contributed by atoms with van der Waals surface area (Å²) in [7, 11) is 1.59. The van der Waals surface area contributed by atoms with Crippen molar-refractivity contribution in [1.29, 1.82) is 0 Å². The Bertz CT molecular complexity index is 249. The number of ether oxygens (including phenoxy) is 1. The van der Waals surface area contributed by atoms with Crippen molar-refractivity contribution in [3.63, 3.8) is 0 Å². The SMILES string of the molecule is CC.COc1cc(CO)cnc1C. The van der Waals surface area contributed by atoms with E-state index in [1.165, 1.54) is 0 Å². The van der Waals surface area contributed by atoms with Crippen molar-refractivity contribution in [3.05, 3.63) is 23.5 Å². The van der Waals surface area contributed by atoms with E-state index in [0.29, 0.717) is 0 Å². The van der Waals surface area contributed by atoms with Gasteiger partial charge in [0, 0.05) is 6.20 Å². The number of aryl methyl sites for hydroxylation is 1. The van der Waals surface area contributed by atoms with Crippen LogP contribution in [-0.2, 0) is 6.61 Å². The van der Waals surface area contributed by atoms with Gasteiger partial charge in [-0.1, -0.05) is 13.8 Å². The first-order valence-electron chi connectivity index (χ1n) is 4.38. The van der Waals surface area contributed by atoms with Crippen molar-refractivity contribution >= 4 is 0 Å². The van der Waals surface area contributed by atoms with Crippen molar-refractivity contribution in [2.45, 2.75) is 27.4 Å². The lowest BCUT2D eigenvalue weighted by atomic mass is 10.2. The van der Waals surface area contributed by atoms with E-state index in [1.54, 1.807) is 19.4 Å². The molecule has 0 fully saturated rings.